The number of hydrogen-bond donors (Lipinski definition) is 3. The number of aliphatic carboxylic acids is 1. The minimum atomic E-state index is -0.965. The smallest absolute Gasteiger partial charge is 0.308 e. The maximum absolute atomic E-state index is 11.8. The van der Waals surface area contributed by atoms with Crippen LogP contribution in [0.4, 0.5) is 0 Å². The van der Waals surface area contributed by atoms with Crippen LogP contribution in [0.25, 0.3) is 10.8 Å². The Morgan fingerprint density at radius 1 is 1.00 bits per heavy atom. The Morgan fingerprint density at radius 3 is 2.46 bits per heavy atom. The van der Waals surface area contributed by atoms with Gasteiger partial charge < -0.3 is 15.7 Å². The van der Waals surface area contributed by atoms with Crippen LogP contribution in [0.3, 0.4) is 0 Å². The number of rotatable bonds is 9. The molecule has 0 aliphatic rings. The van der Waals surface area contributed by atoms with Gasteiger partial charge in [0.2, 0.25) is 11.8 Å². The molecule has 2 rings (SSSR count). The molecule has 0 bridgehead atoms. The van der Waals surface area contributed by atoms with Gasteiger partial charge in [-0.25, -0.2) is 0 Å². The third-order valence-corrected chi connectivity index (χ3v) is 4.16. The number of carboxylic acid groups (broad SMARTS) is 1. The molecule has 2 aromatic carbocycles. The number of carbonyl (C=O) groups excluding carboxylic acids is 2. The molecule has 2 aromatic rings. The van der Waals surface area contributed by atoms with Gasteiger partial charge in [0, 0.05) is 13.0 Å². The first-order valence-electron chi connectivity index (χ1n) is 8.74. The van der Waals surface area contributed by atoms with Crippen LogP contribution in [0.15, 0.2) is 42.5 Å². The zero-order chi connectivity index (χ0) is 18.9. The summed E-state index contributed by atoms with van der Waals surface area (Å²) in [7, 11) is 0. The van der Waals surface area contributed by atoms with Gasteiger partial charge in [0.05, 0.1) is 12.5 Å². The Morgan fingerprint density at radius 2 is 1.73 bits per heavy atom. The summed E-state index contributed by atoms with van der Waals surface area (Å²) in [6, 6.07) is 13.6. The zero-order valence-corrected chi connectivity index (χ0v) is 14.8. The van der Waals surface area contributed by atoms with Gasteiger partial charge in [0.1, 0.15) is 0 Å². The molecule has 0 spiro atoms. The van der Waals surface area contributed by atoms with Gasteiger partial charge in [0.15, 0.2) is 0 Å². The molecular formula is C20H24N2O4. The lowest BCUT2D eigenvalue weighted by molar-refractivity contribution is -0.141. The predicted molar refractivity (Wildman–Crippen MR) is 99.7 cm³/mol. The fourth-order valence-corrected chi connectivity index (χ4v) is 2.78. The van der Waals surface area contributed by atoms with Gasteiger partial charge >= 0.3 is 5.97 Å². The van der Waals surface area contributed by atoms with Crippen LogP contribution in [-0.2, 0) is 20.8 Å². The lowest BCUT2D eigenvalue weighted by atomic mass is 9.95. The predicted octanol–water partition coefficient (Wildman–Crippen LogP) is 2.12. The van der Waals surface area contributed by atoms with Crippen molar-refractivity contribution >= 4 is 28.6 Å². The van der Waals surface area contributed by atoms with Crippen LogP contribution in [0.5, 0.6) is 0 Å². The molecule has 6 heteroatoms. The molecule has 0 radical (unpaired) electrons. The van der Waals surface area contributed by atoms with Crippen LogP contribution in [0, 0.1) is 5.92 Å². The summed E-state index contributed by atoms with van der Waals surface area (Å²) >= 11 is 0. The van der Waals surface area contributed by atoms with E-state index < -0.39 is 17.8 Å². The van der Waals surface area contributed by atoms with Gasteiger partial charge in [-0.05, 0) is 29.2 Å². The van der Waals surface area contributed by atoms with E-state index in [9.17, 15) is 19.5 Å². The molecule has 0 saturated heterocycles. The van der Waals surface area contributed by atoms with E-state index in [1.807, 2.05) is 49.4 Å². The number of fused-ring (bicyclic) bond motifs is 1. The molecule has 0 heterocycles. The number of amides is 2. The van der Waals surface area contributed by atoms with Crippen molar-refractivity contribution in [3.63, 3.8) is 0 Å². The van der Waals surface area contributed by atoms with Gasteiger partial charge in [-0.3, -0.25) is 14.4 Å². The van der Waals surface area contributed by atoms with Crippen molar-refractivity contribution < 1.29 is 19.5 Å². The minimum Gasteiger partial charge on any atom is -0.481 e. The molecule has 0 aliphatic carbocycles. The van der Waals surface area contributed by atoms with E-state index in [1.165, 1.54) is 0 Å². The van der Waals surface area contributed by atoms with Gasteiger partial charge in [0.25, 0.3) is 0 Å². The molecule has 0 saturated carbocycles. The van der Waals surface area contributed by atoms with Gasteiger partial charge in [-0.1, -0.05) is 49.4 Å². The van der Waals surface area contributed by atoms with Gasteiger partial charge in [-0.2, -0.15) is 0 Å². The molecule has 6 nitrogen and oxygen atoms in total. The molecule has 3 N–H and O–H groups in total. The van der Waals surface area contributed by atoms with Gasteiger partial charge in [-0.15, -0.1) is 0 Å². The van der Waals surface area contributed by atoms with Crippen molar-refractivity contribution in [2.45, 2.75) is 26.2 Å². The molecular weight excluding hydrogens is 332 g/mol. The molecule has 1 unspecified atom stereocenters. The zero-order valence-electron chi connectivity index (χ0n) is 14.8. The number of hydrogen-bond acceptors (Lipinski definition) is 3. The highest BCUT2D eigenvalue weighted by atomic mass is 16.4. The first-order chi connectivity index (χ1) is 12.5. The fourth-order valence-electron chi connectivity index (χ4n) is 2.78. The summed E-state index contributed by atoms with van der Waals surface area (Å²) in [4.78, 5) is 34.8. The van der Waals surface area contributed by atoms with E-state index >= 15 is 0 Å². The van der Waals surface area contributed by atoms with Crippen molar-refractivity contribution in [3.05, 3.63) is 48.0 Å². The quantitative estimate of drug-likeness (QED) is 0.641. The average molecular weight is 356 g/mol. The summed E-state index contributed by atoms with van der Waals surface area (Å²) in [5.74, 6) is -2.28. The van der Waals surface area contributed by atoms with Crippen LogP contribution in [0.2, 0.25) is 0 Å². The average Bonchev–Trinajstić information content (AvgIpc) is 2.63. The monoisotopic (exact) mass is 356 g/mol. The lowest BCUT2D eigenvalue weighted by Gasteiger charge is -2.15. The number of carbonyl (C=O) groups is 3. The van der Waals surface area contributed by atoms with E-state index in [4.69, 9.17) is 0 Å². The van der Waals surface area contributed by atoms with Crippen molar-refractivity contribution in [1.82, 2.24) is 10.6 Å². The van der Waals surface area contributed by atoms with E-state index in [0.29, 0.717) is 19.3 Å². The van der Waals surface area contributed by atoms with Crippen LogP contribution in [-0.4, -0.2) is 36.0 Å². The Balaban J connectivity index is 1.95. The maximum Gasteiger partial charge on any atom is 0.308 e. The third-order valence-electron chi connectivity index (χ3n) is 4.16. The third kappa shape index (κ3) is 5.58. The van der Waals surface area contributed by atoms with E-state index in [1.54, 1.807) is 0 Å². The van der Waals surface area contributed by atoms with Crippen LogP contribution < -0.4 is 10.6 Å². The minimum absolute atomic E-state index is 0.0149. The Kier molecular flexibility index (Phi) is 7.14. The molecule has 2 amide bonds. The van der Waals surface area contributed by atoms with E-state index in [0.717, 1.165) is 16.3 Å². The second kappa shape index (κ2) is 9.56. The topological polar surface area (TPSA) is 95.5 Å². The molecule has 26 heavy (non-hydrogen) atoms. The first kappa shape index (κ1) is 19.4. The highest BCUT2D eigenvalue weighted by Crippen LogP contribution is 2.21. The fraction of sp³-hybridized carbons (Fsp3) is 0.350. The van der Waals surface area contributed by atoms with Crippen molar-refractivity contribution in [1.29, 1.82) is 0 Å². The molecule has 0 fully saturated rings. The summed E-state index contributed by atoms with van der Waals surface area (Å²) < 4.78 is 0. The van der Waals surface area contributed by atoms with Crippen LogP contribution >= 0.6 is 0 Å². The Bertz CT molecular complexity index is 783. The molecule has 138 valence electrons. The first-order valence-corrected chi connectivity index (χ1v) is 8.74. The number of carboxylic acids is 1. The summed E-state index contributed by atoms with van der Waals surface area (Å²) in [6.45, 7) is 1.75. The molecule has 0 aromatic heterocycles. The maximum atomic E-state index is 11.8. The van der Waals surface area contributed by atoms with E-state index in [-0.39, 0.29) is 19.0 Å². The lowest BCUT2D eigenvalue weighted by Crippen LogP contribution is -2.40. The largest absolute Gasteiger partial charge is 0.481 e. The Hall–Kier alpha value is -2.89. The second-order valence-corrected chi connectivity index (χ2v) is 6.21. The Labute approximate surface area is 152 Å². The second-order valence-electron chi connectivity index (χ2n) is 6.21. The summed E-state index contributed by atoms with van der Waals surface area (Å²) in [6.07, 6.45) is 1.39. The number of nitrogens with one attached hydrogen (secondary N) is 2. The molecule has 0 aliphatic heterocycles. The summed E-state index contributed by atoms with van der Waals surface area (Å²) in [5.41, 5.74) is 0.931. The van der Waals surface area contributed by atoms with Crippen molar-refractivity contribution in [2.24, 2.45) is 5.92 Å². The SMILES string of the molecule is CCCC(=O)NCC(=O)NCC(Cc1cccc2ccccc12)C(=O)O. The van der Waals surface area contributed by atoms with Crippen molar-refractivity contribution in [3.8, 4) is 0 Å². The normalized spacial score (nSPS) is 11.7. The highest BCUT2D eigenvalue weighted by Gasteiger charge is 2.20. The molecule has 1 atom stereocenters. The van der Waals surface area contributed by atoms with Crippen LogP contribution in [0.1, 0.15) is 25.3 Å². The highest BCUT2D eigenvalue weighted by molar-refractivity contribution is 5.87. The van der Waals surface area contributed by atoms with Crippen molar-refractivity contribution in [2.75, 3.05) is 13.1 Å². The number of benzene rings is 2. The summed E-state index contributed by atoms with van der Waals surface area (Å²) in [5, 5.41) is 16.7. The standard InChI is InChI=1S/C20H24N2O4/c1-2-6-18(23)22-13-19(24)21-12-16(20(25)26)11-15-9-5-8-14-7-3-4-10-17(14)15/h3-5,7-10,16H,2,6,11-13H2,1H3,(H,21,24)(H,22,23)(H,25,26). The van der Waals surface area contributed by atoms with E-state index in [2.05, 4.69) is 10.6 Å².